The number of aryl methyl sites for hydroxylation is 1. The molecule has 1 aromatic heterocycles. The number of fused-ring (bicyclic) bond motifs is 1. The summed E-state index contributed by atoms with van der Waals surface area (Å²) in [4.78, 5) is 5.03. The molecule has 0 N–H and O–H groups in total. The molecular formula is C30H42N2. The molecule has 1 aromatic carbocycles. The van der Waals surface area contributed by atoms with Gasteiger partial charge in [0.2, 0.25) is 0 Å². The minimum absolute atomic E-state index is 0.369. The second-order valence-electron chi connectivity index (χ2n) is 9.19. The van der Waals surface area contributed by atoms with Gasteiger partial charge in [-0.05, 0) is 67.0 Å². The van der Waals surface area contributed by atoms with Gasteiger partial charge in [0.05, 0.1) is 11.4 Å². The Labute approximate surface area is 196 Å². The highest BCUT2D eigenvalue weighted by molar-refractivity contribution is 5.68. The first-order valence-electron chi connectivity index (χ1n) is 12.3. The zero-order valence-corrected chi connectivity index (χ0v) is 21.4. The number of unbranched alkanes of at least 4 members (excludes halogenated alkanes) is 2. The molecule has 0 bridgehead atoms. The van der Waals surface area contributed by atoms with E-state index in [0.29, 0.717) is 5.92 Å². The minimum Gasteiger partial charge on any atom is -0.331 e. The predicted octanol–water partition coefficient (Wildman–Crippen LogP) is 8.16. The van der Waals surface area contributed by atoms with Crippen LogP contribution in [-0.4, -0.2) is 9.55 Å². The van der Waals surface area contributed by atoms with Crippen LogP contribution in [0.25, 0.3) is 11.6 Å². The van der Waals surface area contributed by atoms with E-state index in [1.54, 1.807) is 0 Å². The van der Waals surface area contributed by atoms with E-state index in [4.69, 9.17) is 11.4 Å². The predicted molar refractivity (Wildman–Crippen MR) is 141 cm³/mol. The number of aromatic nitrogens is 2. The van der Waals surface area contributed by atoms with E-state index in [9.17, 15) is 0 Å². The van der Waals surface area contributed by atoms with Crippen molar-refractivity contribution >= 4 is 11.6 Å². The van der Waals surface area contributed by atoms with Crippen LogP contribution in [-0.2, 0) is 13.5 Å². The molecule has 172 valence electrons. The van der Waals surface area contributed by atoms with Crippen molar-refractivity contribution in [2.75, 3.05) is 0 Å². The molecule has 0 saturated heterocycles. The maximum absolute atomic E-state index is 5.67. The Balaban J connectivity index is 0.000000837. The summed E-state index contributed by atoms with van der Waals surface area (Å²) in [6.45, 7) is 17.6. The average molecular weight is 431 g/mol. The Morgan fingerprint density at radius 2 is 1.88 bits per heavy atom. The summed E-state index contributed by atoms with van der Waals surface area (Å²) in [6.07, 6.45) is 15.6. The highest BCUT2D eigenvalue weighted by Crippen LogP contribution is 2.34. The SMILES string of the molecule is C#CC1=Cc2c(nc(Cc3c(C)ccc(C(=C)CCCC)c3C)n2C)C(C)C1.CCCC. The fourth-order valence-corrected chi connectivity index (χ4v) is 4.26. The molecule has 0 aliphatic heterocycles. The van der Waals surface area contributed by atoms with Gasteiger partial charge in [0.15, 0.2) is 0 Å². The number of benzene rings is 1. The van der Waals surface area contributed by atoms with Gasteiger partial charge in [-0.3, -0.25) is 0 Å². The van der Waals surface area contributed by atoms with Crippen molar-refractivity contribution in [1.82, 2.24) is 9.55 Å². The van der Waals surface area contributed by atoms with Gasteiger partial charge < -0.3 is 4.57 Å². The molecule has 1 atom stereocenters. The summed E-state index contributed by atoms with van der Waals surface area (Å²) in [7, 11) is 2.11. The maximum atomic E-state index is 5.67. The molecule has 1 heterocycles. The van der Waals surface area contributed by atoms with E-state index in [2.05, 4.69) is 83.9 Å². The summed E-state index contributed by atoms with van der Waals surface area (Å²) in [5.41, 5.74) is 9.99. The lowest BCUT2D eigenvalue weighted by Gasteiger charge is -2.17. The van der Waals surface area contributed by atoms with Crippen LogP contribution in [0.3, 0.4) is 0 Å². The van der Waals surface area contributed by atoms with Crippen molar-refractivity contribution in [3.8, 4) is 12.3 Å². The molecule has 0 fully saturated rings. The monoisotopic (exact) mass is 430 g/mol. The molecule has 3 rings (SSSR count). The van der Waals surface area contributed by atoms with Gasteiger partial charge in [-0.1, -0.05) is 71.6 Å². The maximum Gasteiger partial charge on any atom is 0.113 e. The first-order chi connectivity index (χ1) is 15.3. The van der Waals surface area contributed by atoms with Crippen molar-refractivity contribution in [2.45, 2.75) is 92.4 Å². The Bertz CT molecular complexity index is 1010. The zero-order chi connectivity index (χ0) is 23.8. The number of allylic oxidation sites excluding steroid dienone is 2. The van der Waals surface area contributed by atoms with E-state index < -0.39 is 0 Å². The van der Waals surface area contributed by atoms with Crippen molar-refractivity contribution in [1.29, 1.82) is 0 Å². The van der Waals surface area contributed by atoms with E-state index in [1.165, 1.54) is 64.9 Å². The lowest BCUT2D eigenvalue weighted by molar-refractivity contribution is 0.728. The number of terminal acetylenes is 1. The topological polar surface area (TPSA) is 17.8 Å². The molecule has 0 radical (unpaired) electrons. The van der Waals surface area contributed by atoms with Crippen molar-refractivity contribution < 1.29 is 0 Å². The van der Waals surface area contributed by atoms with Gasteiger partial charge in [0.25, 0.3) is 0 Å². The number of hydrogen-bond donors (Lipinski definition) is 0. The van der Waals surface area contributed by atoms with Crippen LogP contribution in [0, 0.1) is 26.2 Å². The Morgan fingerprint density at radius 1 is 1.19 bits per heavy atom. The summed E-state index contributed by atoms with van der Waals surface area (Å²) >= 11 is 0. The number of nitrogens with zero attached hydrogens (tertiary/aromatic N) is 2. The first kappa shape index (κ1) is 25.7. The van der Waals surface area contributed by atoms with Gasteiger partial charge in [-0.25, -0.2) is 4.98 Å². The van der Waals surface area contributed by atoms with Gasteiger partial charge in [-0.2, -0.15) is 0 Å². The van der Waals surface area contributed by atoms with Crippen LogP contribution in [0.15, 0.2) is 24.3 Å². The van der Waals surface area contributed by atoms with Crippen molar-refractivity contribution in [3.05, 3.63) is 63.8 Å². The lowest BCUT2D eigenvalue weighted by atomic mass is 9.90. The second-order valence-corrected chi connectivity index (χ2v) is 9.19. The lowest BCUT2D eigenvalue weighted by Crippen LogP contribution is -2.06. The molecule has 2 aromatic rings. The highest BCUT2D eigenvalue weighted by atomic mass is 15.1. The Morgan fingerprint density at radius 3 is 2.47 bits per heavy atom. The second kappa shape index (κ2) is 11.9. The molecule has 32 heavy (non-hydrogen) atoms. The molecule has 1 aliphatic carbocycles. The fraction of sp³-hybridized carbons (Fsp3) is 0.500. The third kappa shape index (κ3) is 5.83. The molecule has 2 nitrogen and oxygen atoms in total. The zero-order valence-electron chi connectivity index (χ0n) is 21.4. The van der Waals surface area contributed by atoms with Crippen molar-refractivity contribution in [2.24, 2.45) is 7.05 Å². The quantitative estimate of drug-likeness (QED) is 0.405. The summed E-state index contributed by atoms with van der Waals surface area (Å²) in [5, 5.41) is 0. The average Bonchev–Trinajstić information content (AvgIpc) is 3.11. The largest absolute Gasteiger partial charge is 0.331 e. The van der Waals surface area contributed by atoms with Gasteiger partial charge >= 0.3 is 0 Å². The molecule has 0 saturated carbocycles. The van der Waals surface area contributed by atoms with Gasteiger partial charge in [0.1, 0.15) is 5.82 Å². The van der Waals surface area contributed by atoms with Crippen molar-refractivity contribution in [3.63, 3.8) is 0 Å². The van der Waals surface area contributed by atoms with Crippen LogP contribution in [0.4, 0.5) is 0 Å². The number of rotatable bonds is 7. The van der Waals surface area contributed by atoms with Crippen LogP contribution in [0.5, 0.6) is 0 Å². The Kier molecular flexibility index (Phi) is 9.58. The first-order valence-corrected chi connectivity index (χ1v) is 12.3. The molecule has 0 spiro atoms. The van der Waals surface area contributed by atoms with Crippen LogP contribution in [0.2, 0.25) is 0 Å². The normalized spacial score (nSPS) is 14.7. The molecule has 1 unspecified atom stereocenters. The van der Waals surface area contributed by atoms with E-state index >= 15 is 0 Å². The molecule has 1 aliphatic rings. The summed E-state index contributed by atoms with van der Waals surface area (Å²) < 4.78 is 2.22. The number of hydrogen-bond acceptors (Lipinski definition) is 1. The van der Waals surface area contributed by atoms with Gasteiger partial charge in [-0.15, -0.1) is 6.42 Å². The van der Waals surface area contributed by atoms with Crippen LogP contribution < -0.4 is 0 Å². The summed E-state index contributed by atoms with van der Waals surface area (Å²) in [6, 6.07) is 4.47. The van der Waals surface area contributed by atoms with E-state index in [-0.39, 0.29) is 0 Å². The van der Waals surface area contributed by atoms with Crippen LogP contribution in [0.1, 0.15) is 112 Å². The van der Waals surface area contributed by atoms with E-state index in [0.717, 1.165) is 30.7 Å². The third-order valence-electron chi connectivity index (χ3n) is 6.63. The standard InChI is InChI=1S/C26H32N2.C4H10/c1-8-10-11-17(3)22-13-12-18(4)23(20(22)6)16-25-27-26-19(5)14-21(9-2)15-24(26)28(25)7;1-3-4-2/h2,12-13,15,19H,3,8,10-11,14,16H2,1,4-7H3;3-4H2,1-2H3. The molecule has 2 heteroatoms. The minimum atomic E-state index is 0.369. The highest BCUT2D eigenvalue weighted by Gasteiger charge is 2.24. The van der Waals surface area contributed by atoms with Gasteiger partial charge in [0, 0.05) is 25.0 Å². The molecule has 0 amide bonds. The molecular weight excluding hydrogens is 388 g/mol. The van der Waals surface area contributed by atoms with Crippen LogP contribution >= 0.6 is 0 Å². The summed E-state index contributed by atoms with van der Waals surface area (Å²) in [5.74, 6) is 4.30. The smallest absolute Gasteiger partial charge is 0.113 e. The van der Waals surface area contributed by atoms with E-state index in [1.807, 2.05) is 0 Å². The third-order valence-corrected chi connectivity index (χ3v) is 6.63. The Hall–Kier alpha value is -2.53. The fourth-order valence-electron chi connectivity index (χ4n) is 4.26. The number of imidazole rings is 1.